The zero-order valence-electron chi connectivity index (χ0n) is 10.9. The van der Waals surface area contributed by atoms with Gasteiger partial charge in [0, 0.05) is 0 Å². The number of aliphatic hydroxyl groups is 1. The summed E-state index contributed by atoms with van der Waals surface area (Å²) in [5.41, 5.74) is 5.40. The Hall–Kier alpha value is -0.480. The van der Waals surface area contributed by atoms with Crippen molar-refractivity contribution in [2.75, 3.05) is 0 Å². The summed E-state index contributed by atoms with van der Waals surface area (Å²) in [5.74, 6) is 0.585. The number of aryl methyl sites for hydroxylation is 1. The van der Waals surface area contributed by atoms with E-state index in [1.165, 1.54) is 0 Å². The number of hydrogen-bond acceptors (Lipinski definition) is 3. The highest BCUT2D eigenvalue weighted by molar-refractivity contribution is 6.32. The van der Waals surface area contributed by atoms with E-state index >= 15 is 0 Å². The zero-order valence-corrected chi connectivity index (χ0v) is 12.5. The van der Waals surface area contributed by atoms with E-state index in [2.05, 4.69) is 0 Å². The molecule has 104 valence electrons. The molecule has 0 aliphatic heterocycles. The van der Waals surface area contributed by atoms with Gasteiger partial charge in [0.1, 0.15) is 17.6 Å². The summed E-state index contributed by atoms with van der Waals surface area (Å²) < 4.78 is 5.69. The number of rotatable bonds is 5. The first-order chi connectivity index (χ1) is 7.88. The Morgan fingerprint density at radius 3 is 2.61 bits per heavy atom. The van der Waals surface area contributed by atoms with Crippen molar-refractivity contribution in [2.24, 2.45) is 5.73 Å². The van der Waals surface area contributed by atoms with Crippen LogP contribution >= 0.6 is 24.0 Å². The van der Waals surface area contributed by atoms with Gasteiger partial charge >= 0.3 is 0 Å². The van der Waals surface area contributed by atoms with E-state index in [0.717, 1.165) is 12.0 Å². The molecule has 18 heavy (non-hydrogen) atoms. The van der Waals surface area contributed by atoms with Gasteiger partial charge in [0.25, 0.3) is 0 Å². The van der Waals surface area contributed by atoms with E-state index in [9.17, 15) is 5.11 Å². The molecule has 0 aliphatic carbocycles. The van der Waals surface area contributed by atoms with E-state index in [0.29, 0.717) is 17.2 Å². The number of nitrogens with two attached hydrogens (primary N) is 1. The minimum Gasteiger partial charge on any atom is -0.484 e. The van der Waals surface area contributed by atoms with Crippen LogP contribution in [0.2, 0.25) is 5.02 Å². The summed E-state index contributed by atoms with van der Waals surface area (Å²) in [6, 6.07) is 5.52. The van der Waals surface area contributed by atoms with Crippen molar-refractivity contribution in [2.45, 2.75) is 45.4 Å². The predicted octanol–water partition coefficient (Wildman–Crippen LogP) is 3.28. The number of ether oxygens (including phenoxy) is 1. The molecule has 2 atom stereocenters. The van der Waals surface area contributed by atoms with Gasteiger partial charge in [-0.25, -0.2) is 0 Å². The molecule has 0 heterocycles. The molecule has 0 radical (unpaired) electrons. The van der Waals surface area contributed by atoms with Crippen molar-refractivity contribution >= 4 is 24.0 Å². The first-order valence-corrected chi connectivity index (χ1v) is 6.19. The van der Waals surface area contributed by atoms with E-state index < -0.39 is 11.8 Å². The van der Waals surface area contributed by atoms with Gasteiger partial charge in [-0.05, 0) is 31.9 Å². The van der Waals surface area contributed by atoms with Gasteiger partial charge in [0.2, 0.25) is 0 Å². The monoisotopic (exact) mass is 293 g/mol. The summed E-state index contributed by atoms with van der Waals surface area (Å²) in [6.45, 7) is 5.62. The quantitative estimate of drug-likeness (QED) is 0.819. The first-order valence-electron chi connectivity index (χ1n) is 5.81. The van der Waals surface area contributed by atoms with Crippen molar-refractivity contribution in [3.63, 3.8) is 0 Å². The minimum absolute atomic E-state index is 0. The fourth-order valence-electron chi connectivity index (χ4n) is 1.65. The molecule has 5 heteroatoms. The van der Waals surface area contributed by atoms with Gasteiger partial charge in [0.05, 0.1) is 5.02 Å². The first kappa shape index (κ1) is 17.5. The molecular formula is C13H21Cl2NO2. The van der Waals surface area contributed by atoms with Crippen LogP contribution in [0.3, 0.4) is 0 Å². The summed E-state index contributed by atoms with van der Waals surface area (Å²) in [5, 5.41) is 10.6. The van der Waals surface area contributed by atoms with Crippen molar-refractivity contribution in [1.29, 1.82) is 0 Å². The van der Waals surface area contributed by atoms with Crippen LogP contribution in [0.15, 0.2) is 18.2 Å². The second-order valence-corrected chi connectivity index (χ2v) is 4.79. The lowest BCUT2D eigenvalue weighted by Gasteiger charge is -2.30. The van der Waals surface area contributed by atoms with Gasteiger partial charge in [-0.15, -0.1) is 12.4 Å². The largest absolute Gasteiger partial charge is 0.484 e. The molecule has 1 aromatic carbocycles. The van der Waals surface area contributed by atoms with Crippen LogP contribution in [0.4, 0.5) is 0 Å². The van der Waals surface area contributed by atoms with E-state index in [-0.39, 0.29) is 12.4 Å². The van der Waals surface area contributed by atoms with Crippen LogP contribution in [0, 0.1) is 6.92 Å². The van der Waals surface area contributed by atoms with Crippen LogP contribution in [-0.2, 0) is 0 Å². The molecular weight excluding hydrogens is 273 g/mol. The second-order valence-electron chi connectivity index (χ2n) is 4.39. The van der Waals surface area contributed by atoms with Gasteiger partial charge in [-0.1, -0.05) is 37.1 Å². The van der Waals surface area contributed by atoms with Gasteiger partial charge < -0.3 is 15.6 Å². The second kappa shape index (κ2) is 7.19. The summed E-state index contributed by atoms with van der Waals surface area (Å²) in [4.78, 5) is 0. The maximum absolute atomic E-state index is 10.0. The molecule has 0 aromatic heterocycles. The molecule has 0 saturated heterocycles. The fraction of sp³-hybridized carbons (Fsp3) is 0.538. The standard InChI is InChI=1S/C13H20ClNO2.ClH/c1-4-8-13(15,16)10(3)17-12-9(2)6-5-7-11(12)14;/h5-7,10,16H,4,8,15H2,1-3H3;1H. The van der Waals surface area contributed by atoms with Crippen LogP contribution in [0.1, 0.15) is 32.3 Å². The van der Waals surface area contributed by atoms with Gasteiger partial charge in [0.15, 0.2) is 0 Å². The smallest absolute Gasteiger partial charge is 0.150 e. The topological polar surface area (TPSA) is 55.5 Å². The van der Waals surface area contributed by atoms with E-state index in [1.54, 1.807) is 13.0 Å². The van der Waals surface area contributed by atoms with Crippen LogP contribution in [0.5, 0.6) is 5.75 Å². The molecule has 0 amide bonds. The maximum atomic E-state index is 10.0. The molecule has 3 nitrogen and oxygen atoms in total. The van der Waals surface area contributed by atoms with Gasteiger partial charge in [-0.3, -0.25) is 0 Å². The Balaban J connectivity index is 0.00000289. The summed E-state index contributed by atoms with van der Waals surface area (Å²) in [6.07, 6.45) is 0.765. The molecule has 0 saturated carbocycles. The summed E-state index contributed by atoms with van der Waals surface area (Å²) >= 11 is 6.05. The molecule has 3 N–H and O–H groups in total. The number of benzene rings is 1. The van der Waals surface area contributed by atoms with Gasteiger partial charge in [-0.2, -0.15) is 0 Å². The third kappa shape index (κ3) is 4.32. The van der Waals surface area contributed by atoms with Crippen molar-refractivity contribution in [1.82, 2.24) is 0 Å². The average molecular weight is 294 g/mol. The highest BCUT2D eigenvalue weighted by atomic mass is 35.5. The summed E-state index contributed by atoms with van der Waals surface area (Å²) in [7, 11) is 0. The fourth-order valence-corrected chi connectivity index (χ4v) is 1.91. The lowest BCUT2D eigenvalue weighted by Crippen LogP contribution is -2.52. The lowest BCUT2D eigenvalue weighted by molar-refractivity contribution is -0.0554. The highest BCUT2D eigenvalue weighted by Crippen LogP contribution is 2.30. The lowest BCUT2D eigenvalue weighted by atomic mass is 10.0. The van der Waals surface area contributed by atoms with E-state index in [4.69, 9.17) is 22.1 Å². The molecule has 0 aliphatic rings. The number of halogens is 2. The Kier molecular flexibility index (Phi) is 7.00. The average Bonchev–Trinajstić information content (AvgIpc) is 2.23. The Morgan fingerprint density at radius 2 is 2.11 bits per heavy atom. The Bertz CT molecular complexity index is 363. The highest BCUT2D eigenvalue weighted by Gasteiger charge is 2.30. The minimum atomic E-state index is -1.33. The molecule has 0 bridgehead atoms. The van der Waals surface area contributed by atoms with Crippen LogP contribution in [0.25, 0.3) is 0 Å². The molecule has 2 unspecified atom stereocenters. The van der Waals surface area contributed by atoms with E-state index in [1.807, 2.05) is 26.0 Å². The Morgan fingerprint density at radius 1 is 1.50 bits per heavy atom. The normalized spacial score (nSPS) is 15.4. The predicted molar refractivity (Wildman–Crippen MR) is 77.6 cm³/mol. The number of para-hydroxylation sites is 1. The number of hydrogen-bond donors (Lipinski definition) is 2. The molecule has 0 spiro atoms. The Labute approximate surface area is 120 Å². The van der Waals surface area contributed by atoms with Crippen molar-refractivity contribution < 1.29 is 9.84 Å². The third-order valence-corrected chi connectivity index (χ3v) is 3.11. The van der Waals surface area contributed by atoms with Crippen LogP contribution in [-0.4, -0.2) is 16.9 Å². The molecule has 1 rings (SSSR count). The maximum Gasteiger partial charge on any atom is 0.150 e. The SMILES string of the molecule is CCCC(N)(O)C(C)Oc1c(C)cccc1Cl.Cl. The van der Waals surface area contributed by atoms with Crippen LogP contribution < -0.4 is 10.5 Å². The molecule has 1 aromatic rings. The van der Waals surface area contributed by atoms with Crippen molar-refractivity contribution in [3.05, 3.63) is 28.8 Å². The zero-order chi connectivity index (χ0) is 13.1. The molecule has 0 fully saturated rings. The third-order valence-electron chi connectivity index (χ3n) is 2.81. The van der Waals surface area contributed by atoms with Crippen molar-refractivity contribution in [3.8, 4) is 5.75 Å².